The first-order valence-electron chi connectivity index (χ1n) is 10.6. The fourth-order valence-corrected chi connectivity index (χ4v) is 4.09. The molecule has 0 radical (unpaired) electrons. The fraction of sp³-hybridized carbons (Fsp3) is 0.545. The van der Waals surface area contributed by atoms with Crippen molar-refractivity contribution >= 4 is 35.0 Å². The maximum atomic E-state index is 12.6. The van der Waals surface area contributed by atoms with Crippen LogP contribution in [-0.4, -0.2) is 41.4 Å². The minimum atomic E-state index is -0.0696. The van der Waals surface area contributed by atoms with E-state index in [0.29, 0.717) is 56.1 Å². The minimum absolute atomic E-state index is 0.00993. The number of halogens is 1. The molecule has 3 rings (SSSR count). The lowest BCUT2D eigenvalue weighted by Crippen LogP contribution is -2.40. The molecule has 1 aromatic carbocycles. The monoisotopic (exact) mass is 432 g/mol. The Kier molecular flexibility index (Phi) is 8.25. The van der Waals surface area contributed by atoms with E-state index in [0.717, 1.165) is 37.1 Å². The van der Waals surface area contributed by atoms with Gasteiger partial charge in [0, 0.05) is 49.6 Å². The van der Waals surface area contributed by atoms with Crippen LogP contribution in [-0.2, 0) is 20.9 Å². The van der Waals surface area contributed by atoms with E-state index in [1.807, 2.05) is 29.2 Å². The molecule has 7 nitrogen and oxygen atoms in total. The SMILES string of the molecule is O=C(CC[C@H]1CCCN(C(=O)CCC2=NNC(=O)CC2)C1)NCc1ccccc1Cl. The molecular formula is C22H29ClN4O3. The molecule has 0 saturated carbocycles. The molecule has 30 heavy (non-hydrogen) atoms. The quantitative estimate of drug-likeness (QED) is 0.661. The average Bonchev–Trinajstić information content (AvgIpc) is 2.76. The van der Waals surface area contributed by atoms with E-state index in [2.05, 4.69) is 15.8 Å². The summed E-state index contributed by atoms with van der Waals surface area (Å²) in [5.74, 6) is 0.415. The van der Waals surface area contributed by atoms with Crippen molar-refractivity contribution in [3.05, 3.63) is 34.9 Å². The lowest BCUT2D eigenvalue weighted by molar-refractivity contribution is -0.132. The highest BCUT2D eigenvalue weighted by Crippen LogP contribution is 2.22. The molecule has 2 N–H and O–H groups in total. The molecule has 2 aliphatic heterocycles. The van der Waals surface area contributed by atoms with Crippen LogP contribution in [0.3, 0.4) is 0 Å². The molecular weight excluding hydrogens is 404 g/mol. The first kappa shape index (κ1) is 22.3. The molecule has 1 aromatic rings. The standard InChI is InChI=1S/C22H29ClN4O3/c23-19-6-2-1-5-17(19)14-24-20(28)10-7-16-4-3-13-27(15-16)22(30)12-9-18-8-11-21(29)26-25-18/h1-2,5-6,16H,3-4,7-15H2,(H,24,28)(H,26,29)/t16-/m1/s1. The second kappa shape index (κ2) is 11.1. The molecule has 162 valence electrons. The summed E-state index contributed by atoms with van der Waals surface area (Å²) in [5.41, 5.74) is 4.26. The van der Waals surface area contributed by atoms with Crippen LogP contribution in [0.5, 0.6) is 0 Å². The molecule has 3 amide bonds. The summed E-state index contributed by atoms with van der Waals surface area (Å²) in [5, 5.41) is 7.61. The van der Waals surface area contributed by atoms with Gasteiger partial charge in [-0.15, -0.1) is 0 Å². The number of amides is 3. The van der Waals surface area contributed by atoms with Crippen LogP contribution in [0.2, 0.25) is 5.02 Å². The van der Waals surface area contributed by atoms with E-state index in [1.54, 1.807) is 0 Å². The normalized spacial score (nSPS) is 19.1. The summed E-state index contributed by atoms with van der Waals surface area (Å²) in [4.78, 5) is 37.8. The van der Waals surface area contributed by atoms with Crippen molar-refractivity contribution < 1.29 is 14.4 Å². The van der Waals surface area contributed by atoms with E-state index < -0.39 is 0 Å². The number of benzene rings is 1. The van der Waals surface area contributed by atoms with E-state index in [-0.39, 0.29) is 17.7 Å². The highest BCUT2D eigenvalue weighted by Gasteiger charge is 2.24. The average molecular weight is 433 g/mol. The van der Waals surface area contributed by atoms with Gasteiger partial charge in [0.1, 0.15) is 0 Å². The minimum Gasteiger partial charge on any atom is -0.352 e. The van der Waals surface area contributed by atoms with Gasteiger partial charge in [-0.1, -0.05) is 29.8 Å². The Labute approximate surface area is 182 Å². The zero-order chi connectivity index (χ0) is 21.3. The van der Waals surface area contributed by atoms with Gasteiger partial charge in [-0.05, 0) is 49.7 Å². The van der Waals surface area contributed by atoms with Crippen molar-refractivity contribution in [2.45, 2.75) is 57.9 Å². The molecule has 0 unspecified atom stereocenters. The van der Waals surface area contributed by atoms with Crippen LogP contribution in [0.15, 0.2) is 29.4 Å². The highest BCUT2D eigenvalue weighted by molar-refractivity contribution is 6.31. The van der Waals surface area contributed by atoms with E-state index >= 15 is 0 Å². The number of nitrogens with zero attached hydrogens (tertiary/aromatic N) is 2. The Balaban J connectivity index is 1.36. The highest BCUT2D eigenvalue weighted by atomic mass is 35.5. The number of hydrazone groups is 1. The maximum absolute atomic E-state index is 12.6. The Hall–Kier alpha value is -2.41. The topological polar surface area (TPSA) is 90.9 Å². The predicted molar refractivity (Wildman–Crippen MR) is 116 cm³/mol. The third-order valence-electron chi connectivity index (χ3n) is 5.69. The fourth-order valence-electron chi connectivity index (χ4n) is 3.89. The summed E-state index contributed by atoms with van der Waals surface area (Å²) in [6, 6.07) is 7.48. The van der Waals surface area contributed by atoms with Crippen molar-refractivity contribution in [2.24, 2.45) is 11.0 Å². The number of hydrogen-bond acceptors (Lipinski definition) is 4. The number of carbonyl (C=O) groups is 3. The summed E-state index contributed by atoms with van der Waals surface area (Å²) < 4.78 is 0. The smallest absolute Gasteiger partial charge is 0.240 e. The summed E-state index contributed by atoms with van der Waals surface area (Å²) in [6.45, 7) is 1.91. The van der Waals surface area contributed by atoms with Gasteiger partial charge in [0.2, 0.25) is 17.7 Å². The van der Waals surface area contributed by atoms with Crippen LogP contribution < -0.4 is 10.7 Å². The number of hydrogen-bond donors (Lipinski definition) is 2. The van der Waals surface area contributed by atoms with Gasteiger partial charge >= 0.3 is 0 Å². The summed E-state index contributed by atoms with van der Waals surface area (Å²) >= 11 is 6.12. The Morgan fingerprint density at radius 1 is 1.23 bits per heavy atom. The van der Waals surface area contributed by atoms with Gasteiger partial charge in [0.25, 0.3) is 0 Å². The zero-order valence-electron chi connectivity index (χ0n) is 17.2. The number of carbonyl (C=O) groups excluding carboxylic acids is 3. The van der Waals surface area contributed by atoms with Crippen molar-refractivity contribution in [3.8, 4) is 0 Å². The van der Waals surface area contributed by atoms with Gasteiger partial charge in [0.05, 0.1) is 0 Å². The van der Waals surface area contributed by atoms with E-state index in [4.69, 9.17) is 11.6 Å². The van der Waals surface area contributed by atoms with Crippen molar-refractivity contribution in [1.29, 1.82) is 0 Å². The molecule has 1 atom stereocenters. The Morgan fingerprint density at radius 3 is 2.83 bits per heavy atom. The molecule has 8 heteroatoms. The Morgan fingerprint density at radius 2 is 2.07 bits per heavy atom. The van der Waals surface area contributed by atoms with E-state index in [1.165, 1.54) is 0 Å². The lowest BCUT2D eigenvalue weighted by atomic mass is 9.93. The molecule has 0 bridgehead atoms. The molecule has 0 aromatic heterocycles. The first-order chi connectivity index (χ1) is 14.5. The predicted octanol–water partition coefficient (Wildman–Crippen LogP) is 3.02. The molecule has 2 aliphatic rings. The molecule has 1 fully saturated rings. The second-order valence-electron chi connectivity index (χ2n) is 7.97. The lowest BCUT2D eigenvalue weighted by Gasteiger charge is -2.33. The second-order valence-corrected chi connectivity index (χ2v) is 8.38. The van der Waals surface area contributed by atoms with Crippen molar-refractivity contribution in [2.75, 3.05) is 13.1 Å². The van der Waals surface area contributed by atoms with E-state index in [9.17, 15) is 14.4 Å². The number of likely N-dealkylation sites (tertiary alicyclic amines) is 1. The van der Waals surface area contributed by atoms with Crippen LogP contribution in [0.1, 0.15) is 56.9 Å². The summed E-state index contributed by atoms with van der Waals surface area (Å²) in [6.07, 6.45) is 5.31. The molecule has 1 saturated heterocycles. The van der Waals surface area contributed by atoms with Gasteiger partial charge in [-0.25, -0.2) is 5.43 Å². The largest absolute Gasteiger partial charge is 0.352 e. The van der Waals surface area contributed by atoms with Gasteiger partial charge in [-0.2, -0.15) is 5.10 Å². The number of rotatable bonds is 8. The third-order valence-corrected chi connectivity index (χ3v) is 6.06. The molecule has 0 aliphatic carbocycles. The number of piperidine rings is 1. The van der Waals surface area contributed by atoms with Crippen LogP contribution in [0.25, 0.3) is 0 Å². The molecule has 0 spiro atoms. The van der Waals surface area contributed by atoms with Crippen molar-refractivity contribution in [3.63, 3.8) is 0 Å². The maximum Gasteiger partial charge on any atom is 0.240 e. The van der Waals surface area contributed by atoms with Crippen LogP contribution in [0.4, 0.5) is 0 Å². The number of nitrogens with one attached hydrogen (secondary N) is 2. The van der Waals surface area contributed by atoms with Gasteiger partial charge in [-0.3, -0.25) is 14.4 Å². The first-order valence-corrected chi connectivity index (χ1v) is 11.0. The molecule has 2 heterocycles. The zero-order valence-corrected chi connectivity index (χ0v) is 17.9. The van der Waals surface area contributed by atoms with Crippen LogP contribution >= 0.6 is 11.6 Å². The van der Waals surface area contributed by atoms with Gasteiger partial charge in [0.15, 0.2) is 0 Å². The van der Waals surface area contributed by atoms with Gasteiger partial charge < -0.3 is 10.2 Å². The Bertz CT molecular complexity index is 811. The third kappa shape index (κ3) is 6.83. The summed E-state index contributed by atoms with van der Waals surface area (Å²) in [7, 11) is 0. The van der Waals surface area contributed by atoms with Crippen molar-refractivity contribution in [1.82, 2.24) is 15.6 Å². The van der Waals surface area contributed by atoms with Crippen LogP contribution in [0, 0.1) is 5.92 Å².